The molecule has 0 saturated heterocycles. The molecule has 0 aliphatic carbocycles. The number of hydrogen-bond donors (Lipinski definition) is 0. The van der Waals surface area contributed by atoms with Crippen LogP contribution >= 0.6 is 0 Å². The van der Waals surface area contributed by atoms with Gasteiger partial charge in [0.2, 0.25) is 0 Å². The van der Waals surface area contributed by atoms with Crippen LogP contribution in [0, 0.1) is 24.0 Å². The standard InChI is InChI=1S/C11H11N5O2/c1-8-13-14-9(2)15(8)12-7-10-3-5-11(6-4-10)16(17)18/h3-7H,1-2H3. The van der Waals surface area contributed by atoms with Crippen LogP contribution in [0.15, 0.2) is 29.4 Å². The Kier molecular flexibility index (Phi) is 3.13. The minimum Gasteiger partial charge on any atom is -0.258 e. The van der Waals surface area contributed by atoms with Crippen molar-refractivity contribution in [2.45, 2.75) is 13.8 Å². The van der Waals surface area contributed by atoms with Crippen LogP contribution in [0.3, 0.4) is 0 Å². The minimum atomic E-state index is -0.436. The Morgan fingerprint density at radius 3 is 2.28 bits per heavy atom. The van der Waals surface area contributed by atoms with Gasteiger partial charge in [-0.25, -0.2) is 4.68 Å². The molecule has 2 rings (SSSR count). The molecular formula is C11H11N5O2. The lowest BCUT2D eigenvalue weighted by molar-refractivity contribution is -0.384. The van der Waals surface area contributed by atoms with Gasteiger partial charge >= 0.3 is 0 Å². The predicted octanol–water partition coefficient (Wildman–Crippen LogP) is 1.69. The molecule has 92 valence electrons. The minimum absolute atomic E-state index is 0.0591. The highest BCUT2D eigenvalue weighted by atomic mass is 16.6. The van der Waals surface area contributed by atoms with E-state index < -0.39 is 4.92 Å². The van der Waals surface area contributed by atoms with Crippen molar-refractivity contribution in [3.8, 4) is 0 Å². The number of aromatic nitrogens is 3. The summed E-state index contributed by atoms with van der Waals surface area (Å²) in [6.45, 7) is 3.60. The monoisotopic (exact) mass is 245 g/mol. The van der Waals surface area contributed by atoms with Crippen LogP contribution in [0.5, 0.6) is 0 Å². The maximum Gasteiger partial charge on any atom is 0.269 e. The van der Waals surface area contributed by atoms with Crippen LogP contribution in [0.1, 0.15) is 17.2 Å². The molecule has 0 unspecified atom stereocenters. The lowest BCUT2D eigenvalue weighted by Crippen LogP contribution is -1.96. The quantitative estimate of drug-likeness (QED) is 0.467. The molecule has 18 heavy (non-hydrogen) atoms. The molecule has 0 radical (unpaired) electrons. The van der Waals surface area contributed by atoms with E-state index >= 15 is 0 Å². The molecule has 7 nitrogen and oxygen atoms in total. The SMILES string of the molecule is Cc1nnc(C)n1N=Cc1ccc([N+](=O)[O-])cc1. The van der Waals surface area contributed by atoms with Gasteiger partial charge in [0.25, 0.3) is 5.69 Å². The first-order chi connectivity index (χ1) is 8.58. The van der Waals surface area contributed by atoms with E-state index in [2.05, 4.69) is 15.3 Å². The van der Waals surface area contributed by atoms with Crippen molar-refractivity contribution < 1.29 is 4.92 Å². The van der Waals surface area contributed by atoms with Gasteiger partial charge in [0.1, 0.15) is 0 Å². The number of nitro benzene ring substituents is 1. The summed E-state index contributed by atoms with van der Waals surface area (Å²) >= 11 is 0. The lowest BCUT2D eigenvalue weighted by atomic mass is 10.2. The van der Waals surface area contributed by atoms with E-state index in [1.54, 1.807) is 36.9 Å². The Morgan fingerprint density at radius 1 is 1.22 bits per heavy atom. The van der Waals surface area contributed by atoms with E-state index in [1.165, 1.54) is 12.1 Å². The third kappa shape index (κ3) is 2.40. The van der Waals surface area contributed by atoms with Crippen molar-refractivity contribution >= 4 is 11.9 Å². The molecule has 2 aromatic rings. The number of non-ortho nitro benzene ring substituents is 1. The Labute approximate surface area is 103 Å². The summed E-state index contributed by atoms with van der Waals surface area (Å²) in [5, 5.41) is 22.5. The van der Waals surface area contributed by atoms with Crippen molar-refractivity contribution in [2.75, 3.05) is 0 Å². The first-order valence-electron chi connectivity index (χ1n) is 5.25. The van der Waals surface area contributed by atoms with Gasteiger partial charge in [-0.1, -0.05) is 0 Å². The van der Waals surface area contributed by atoms with Crippen molar-refractivity contribution in [3.63, 3.8) is 0 Å². The van der Waals surface area contributed by atoms with Gasteiger partial charge < -0.3 is 0 Å². The maximum atomic E-state index is 10.5. The largest absolute Gasteiger partial charge is 0.269 e. The lowest BCUT2D eigenvalue weighted by Gasteiger charge is -1.97. The predicted molar refractivity (Wildman–Crippen MR) is 65.6 cm³/mol. The van der Waals surface area contributed by atoms with Crippen LogP contribution < -0.4 is 0 Å². The van der Waals surface area contributed by atoms with Crippen LogP contribution in [0.2, 0.25) is 0 Å². The second-order valence-corrected chi connectivity index (χ2v) is 3.70. The van der Waals surface area contributed by atoms with Crippen LogP contribution in [0.4, 0.5) is 5.69 Å². The molecular weight excluding hydrogens is 234 g/mol. The molecule has 0 amide bonds. The third-order valence-corrected chi connectivity index (χ3v) is 2.38. The fourth-order valence-electron chi connectivity index (χ4n) is 1.44. The zero-order valence-electron chi connectivity index (χ0n) is 9.94. The Hall–Kier alpha value is -2.57. The Morgan fingerprint density at radius 2 is 1.78 bits per heavy atom. The molecule has 0 fully saturated rings. The van der Waals surface area contributed by atoms with Crippen LogP contribution in [0.25, 0.3) is 0 Å². The summed E-state index contributed by atoms with van der Waals surface area (Å²) in [5.74, 6) is 1.37. The van der Waals surface area contributed by atoms with Gasteiger partial charge in [-0.15, -0.1) is 10.2 Å². The number of hydrogen-bond acceptors (Lipinski definition) is 5. The molecule has 0 aliphatic rings. The van der Waals surface area contributed by atoms with E-state index in [4.69, 9.17) is 0 Å². The highest BCUT2D eigenvalue weighted by Gasteiger charge is 2.03. The molecule has 7 heteroatoms. The average molecular weight is 245 g/mol. The molecule has 1 aromatic carbocycles. The molecule has 0 N–H and O–H groups in total. The molecule has 1 aromatic heterocycles. The van der Waals surface area contributed by atoms with E-state index in [0.717, 1.165) is 5.56 Å². The number of aryl methyl sites for hydroxylation is 2. The first-order valence-corrected chi connectivity index (χ1v) is 5.25. The average Bonchev–Trinajstić information content (AvgIpc) is 2.67. The fourth-order valence-corrected chi connectivity index (χ4v) is 1.44. The van der Waals surface area contributed by atoms with Gasteiger partial charge in [0.05, 0.1) is 11.1 Å². The van der Waals surface area contributed by atoms with Crippen molar-refractivity contribution in [3.05, 3.63) is 51.6 Å². The van der Waals surface area contributed by atoms with Crippen molar-refractivity contribution in [1.29, 1.82) is 0 Å². The van der Waals surface area contributed by atoms with Gasteiger partial charge in [-0.3, -0.25) is 10.1 Å². The van der Waals surface area contributed by atoms with Gasteiger partial charge in [0, 0.05) is 12.1 Å². The molecule has 0 spiro atoms. The summed E-state index contributed by atoms with van der Waals surface area (Å²) in [4.78, 5) is 10.1. The zero-order valence-corrected chi connectivity index (χ0v) is 9.94. The Bertz CT molecular complexity index is 581. The summed E-state index contributed by atoms with van der Waals surface area (Å²) in [6, 6.07) is 6.15. The van der Waals surface area contributed by atoms with Crippen molar-refractivity contribution in [1.82, 2.24) is 14.9 Å². The summed E-state index contributed by atoms with van der Waals surface area (Å²) in [6.07, 6.45) is 1.60. The summed E-state index contributed by atoms with van der Waals surface area (Å²) in [5.41, 5.74) is 0.830. The van der Waals surface area contributed by atoms with E-state index in [-0.39, 0.29) is 5.69 Å². The smallest absolute Gasteiger partial charge is 0.258 e. The third-order valence-electron chi connectivity index (χ3n) is 2.38. The number of rotatable bonds is 3. The van der Waals surface area contributed by atoms with Crippen molar-refractivity contribution in [2.24, 2.45) is 5.10 Å². The zero-order chi connectivity index (χ0) is 13.1. The maximum absolute atomic E-state index is 10.5. The summed E-state index contributed by atoms with van der Waals surface area (Å²) in [7, 11) is 0. The van der Waals surface area contributed by atoms with Crippen LogP contribution in [-0.2, 0) is 0 Å². The fraction of sp³-hybridized carbons (Fsp3) is 0.182. The number of nitrogens with zero attached hydrogens (tertiary/aromatic N) is 5. The normalized spacial score (nSPS) is 11.0. The molecule has 0 saturated carbocycles. The highest BCUT2D eigenvalue weighted by molar-refractivity contribution is 5.79. The Balaban J connectivity index is 2.21. The second kappa shape index (κ2) is 4.74. The molecule has 0 aliphatic heterocycles. The highest BCUT2D eigenvalue weighted by Crippen LogP contribution is 2.10. The first kappa shape index (κ1) is 11.9. The number of nitro groups is 1. The molecule has 0 atom stereocenters. The second-order valence-electron chi connectivity index (χ2n) is 3.70. The van der Waals surface area contributed by atoms with E-state index in [1.807, 2.05) is 0 Å². The van der Waals surface area contributed by atoms with E-state index in [9.17, 15) is 10.1 Å². The number of benzene rings is 1. The molecule has 0 bridgehead atoms. The van der Waals surface area contributed by atoms with Gasteiger partial charge in [-0.2, -0.15) is 5.10 Å². The van der Waals surface area contributed by atoms with Gasteiger partial charge in [0.15, 0.2) is 11.6 Å². The van der Waals surface area contributed by atoms with Gasteiger partial charge in [-0.05, 0) is 31.5 Å². The summed E-state index contributed by atoms with van der Waals surface area (Å²) < 4.78 is 1.60. The van der Waals surface area contributed by atoms with E-state index in [0.29, 0.717) is 11.6 Å². The van der Waals surface area contributed by atoms with Crippen LogP contribution in [-0.4, -0.2) is 26.0 Å². The molecule has 1 heterocycles. The topological polar surface area (TPSA) is 86.2 Å².